The van der Waals surface area contributed by atoms with E-state index in [9.17, 15) is 0 Å². The lowest BCUT2D eigenvalue weighted by atomic mass is 10.2. The predicted molar refractivity (Wildman–Crippen MR) is 82.4 cm³/mol. The third kappa shape index (κ3) is 2.27. The molecule has 0 saturated carbocycles. The molecule has 5 heteroatoms. The molecule has 0 amide bonds. The van der Waals surface area contributed by atoms with Gasteiger partial charge >= 0.3 is 0 Å². The number of halogens is 2. The smallest absolute Gasteiger partial charge is 0.125 e. The van der Waals surface area contributed by atoms with E-state index in [-0.39, 0.29) is 6.04 Å². The van der Waals surface area contributed by atoms with Gasteiger partial charge in [0.1, 0.15) is 5.82 Å². The number of aromatic nitrogens is 2. The SMILES string of the molecule is CC(c1ccc(Cl)s1)n1c(CCl)nc2ccccc21. The highest BCUT2D eigenvalue weighted by molar-refractivity contribution is 7.16. The molecule has 1 atom stereocenters. The van der Waals surface area contributed by atoms with Crippen molar-refractivity contribution in [2.75, 3.05) is 0 Å². The third-order valence-electron chi connectivity index (χ3n) is 3.18. The Balaban J connectivity index is 2.17. The van der Waals surface area contributed by atoms with Crippen LogP contribution < -0.4 is 0 Å². The van der Waals surface area contributed by atoms with Crippen LogP contribution in [0.4, 0.5) is 0 Å². The first-order chi connectivity index (χ1) is 9.20. The van der Waals surface area contributed by atoms with Crippen molar-refractivity contribution in [3.05, 3.63) is 51.4 Å². The number of hydrogen-bond acceptors (Lipinski definition) is 2. The number of fused-ring (bicyclic) bond motifs is 1. The summed E-state index contributed by atoms with van der Waals surface area (Å²) in [5, 5.41) is 0. The van der Waals surface area contributed by atoms with Crippen LogP contribution in [0.3, 0.4) is 0 Å². The maximum atomic E-state index is 6.03. The molecule has 1 unspecified atom stereocenters. The molecule has 2 nitrogen and oxygen atoms in total. The van der Waals surface area contributed by atoms with Gasteiger partial charge in [0.2, 0.25) is 0 Å². The van der Waals surface area contributed by atoms with Gasteiger partial charge in [-0.05, 0) is 31.2 Å². The van der Waals surface area contributed by atoms with Crippen molar-refractivity contribution in [1.29, 1.82) is 0 Å². The van der Waals surface area contributed by atoms with Crippen molar-refractivity contribution in [2.24, 2.45) is 0 Å². The van der Waals surface area contributed by atoms with Gasteiger partial charge in [-0.25, -0.2) is 4.98 Å². The first kappa shape index (κ1) is 13.0. The fourth-order valence-corrected chi connectivity index (χ4v) is 3.59. The van der Waals surface area contributed by atoms with Gasteiger partial charge in [-0.3, -0.25) is 0 Å². The molecule has 0 spiro atoms. The molecule has 2 aromatic heterocycles. The van der Waals surface area contributed by atoms with Crippen LogP contribution in [0.2, 0.25) is 4.34 Å². The minimum Gasteiger partial charge on any atom is -0.319 e. The molecule has 1 aromatic carbocycles. The van der Waals surface area contributed by atoms with Crippen molar-refractivity contribution < 1.29 is 0 Å². The van der Waals surface area contributed by atoms with E-state index in [1.54, 1.807) is 11.3 Å². The summed E-state index contributed by atoms with van der Waals surface area (Å²) in [5.74, 6) is 1.29. The second kappa shape index (κ2) is 5.16. The first-order valence-electron chi connectivity index (χ1n) is 5.97. The molecule has 0 radical (unpaired) electrons. The van der Waals surface area contributed by atoms with Gasteiger partial charge < -0.3 is 4.57 Å². The van der Waals surface area contributed by atoms with Crippen LogP contribution in [-0.2, 0) is 5.88 Å². The quantitative estimate of drug-likeness (QED) is 0.615. The fraction of sp³-hybridized carbons (Fsp3) is 0.214. The van der Waals surface area contributed by atoms with E-state index in [1.165, 1.54) is 4.88 Å². The van der Waals surface area contributed by atoms with Crippen molar-refractivity contribution in [3.8, 4) is 0 Å². The van der Waals surface area contributed by atoms with E-state index < -0.39 is 0 Å². The molecular weight excluding hydrogens is 299 g/mol. The predicted octanol–water partition coefficient (Wildman–Crippen LogP) is 5.10. The van der Waals surface area contributed by atoms with Gasteiger partial charge in [-0.1, -0.05) is 23.7 Å². The second-order valence-electron chi connectivity index (χ2n) is 4.34. The zero-order valence-electron chi connectivity index (χ0n) is 10.3. The summed E-state index contributed by atoms with van der Waals surface area (Å²) < 4.78 is 2.99. The summed E-state index contributed by atoms with van der Waals surface area (Å²) in [6, 6.07) is 12.3. The molecule has 19 heavy (non-hydrogen) atoms. The Bertz CT molecular complexity index is 717. The Kier molecular flexibility index (Phi) is 3.52. The van der Waals surface area contributed by atoms with Crippen molar-refractivity contribution in [2.45, 2.75) is 18.8 Å². The van der Waals surface area contributed by atoms with Crippen LogP contribution in [0.15, 0.2) is 36.4 Å². The number of benzene rings is 1. The molecule has 0 N–H and O–H groups in total. The molecule has 3 aromatic rings. The molecule has 0 saturated heterocycles. The summed E-state index contributed by atoms with van der Waals surface area (Å²) >= 11 is 13.7. The monoisotopic (exact) mass is 310 g/mol. The Morgan fingerprint density at radius 2 is 2.05 bits per heavy atom. The summed E-state index contributed by atoms with van der Waals surface area (Å²) in [6.07, 6.45) is 0. The van der Waals surface area contributed by atoms with Gasteiger partial charge in [0.15, 0.2) is 0 Å². The Morgan fingerprint density at radius 3 is 2.74 bits per heavy atom. The van der Waals surface area contributed by atoms with Crippen LogP contribution >= 0.6 is 34.5 Å². The number of para-hydroxylation sites is 2. The molecule has 0 bridgehead atoms. The maximum absolute atomic E-state index is 6.03. The van der Waals surface area contributed by atoms with Crippen LogP contribution in [0.5, 0.6) is 0 Å². The molecule has 3 rings (SSSR count). The van der Waals surface area contributed by atoms with Gasteiger partial charge in [0, 0.05) is 4.88 Å². The second-order valence-corrected chi connectivity index (χ2v) is 6.35. The average Bonchev–Trinajstić information content (AvgIpc) is 3.01. The highest BCUT2D eigenvalue weighted by Crippen LogP contribution is 2.32. The minimum atomic E-state index is 0.179. The first-order valence-corrected chi connectivity index (χ1v) is 7.70. The summed E-state index contributed by atoms with van der Waals surface area (Å²) in [4.78, 5) is 5.80. The van der Waals surface area contributed by atoms with Gasteiger partial charge in [-0.2, -0.15) is 0 Å². The van der Waals surface area contributed by atoms with Gasteiger partial charge in [-0.15, -0.1) is 22.9 Å². The third-order valence-corrected chi connectivity index (χ3v) is 4.82. The highest BCUT2D eigenvalue weighted by Gasteiger charge is 2.17. The summed E-state index contributed by atoms with van der Waals surface area (Å²) in [6.45, 7) is 2.15. The maximum Gasteiger partial charge on any atom is 0.125 e. The highest BCUT2D eigenvalue weighted by atomic mass is 35.5. The van der Waals surface area contributed by atoms with E-state index in [2.05, 4.69) is 28.6 Å². The average molecular weight is 311 g/mol. The lowest BCUT2D eigenvalue weighted by Crippen LogP contribution is -2.08. The van der Waals surface area contributed by atoms with Gasteiger partial charge in [0.25, 0.3) is 0 Å². The van der Waals surface area contributed by atoms with E-state index in [0.717, 1.165) is 21.2 Å². The molecule has 0 aliphatic carbocycles. The lowest BCUT2D eigenvalue weighted by molar-refractivity contribution is 0.644. The zero-order valence-corrected chi connectivity index (χ0v) is 12.6. The fourth-order valence-electron chi connectivity index (χ4n) is 2.30. The van der Waals surface area contributed by atoms with Crippen LogP contribution in [0, 0.1) is 0 Å². The molecule has 0 fully saturated rings. The standard InChI is InChI=1S/C14H12Cl2N2S/c1-9(12-6-7-13(16)19-12)18-11-5-3-2-4-10(11)17-14(18)8-15/h2-7,9H,8H2,1H3. The van der Waals surface area contributed by atoms with E-state index in [1.807, 2.05) is 24.3 Å². The Labute approximate surface area is 125 Å². The van der Waals surface area contributed by atoms with Crippen LogP contribution in [-0.4, -0.2) is 9.55 Å². The normalized spacial score (nSPS) is 13.0. The lowest BCUT2D eigenvalue weighted by Gasteiger charge is -2.15. The van der Waals surface area contributed by atoms with E-state index >= 15 is 0 Å². The van der Waals surface area contributed by atoms with Gasteiger partial charge in [0.05, 0.1) is 27.3 Å². The van der Waals surface area contributed by atoms with Crippen molar-refractivity contribution in [3.63, 3.8) is 0 Å². The Hall–Kier alpha value is -1.03. The number of hydrogen-bond donors (Lipinski definition) is 0. The largest absolute Gasteiger partial charge is 0.319 e. The van der Waals surface area contributed by atoms with E-state index in [0.29, 0.717) is 5.88 Å². The van der Waals surface area contributed by atoms with Crippen LogP contribution in [0.25, 0.3) is 11.0 Å². The topological polar surface area (TPSA) is 17.8 Å². The Morgan fingerprint density at radius 1 is 1.26 bits per heavy atom. The van der Waals surface area contributed by atoms with Crippen molar-refractivity contribution in [1.82, 2.24) is 9.55 Å². The minimum absolute atomic E-state index is 0.179. The molecule has 2 heterocycles. The van der Waals surface area contributed by atoms with E-state index in [4.69, 9.17) is 23.2 Å². The van der Waals surface area contributed by atoms with Crippen LogP contribution in [0.1, 0.15) is 23.7 Å². The molecular formula is C14H12Cl2N2S. The molecule has 98 valence electrons. The number of thiophene rings is 1. The number of alkyl halides is 1. The number of imidazole rings is 1. The summed E-state index contributed by atoms with van der Waals surface area (Å²) in [5.41, 5.74) is 2.09. The molecule has 0 aliphatic heterocycles. The number of rotatable bonds is 3. The summed E-state index contributed by atoms with van der Waals surface area (Å²) in [7, 11) is 0. The molecule has 0 aliphatic rings. The number of nitrogens with zero attached hydrogens (tertiary/aromatic N) is 2. The zero-order chi connectivity index (χ0) is 13.4. The van der Waals surface area contributed by atoms with Crippen molar-refractivity contribution >= 4 is 45.6 Å².